The number of hydrogen-bond donors (Lipinski definition) is 3. The number of aliphatic hydroxyl groups excluding tert-OH is 2. The highest BCUT2D eigenvalue weighted by Crippen LogP contribution is 2.43. The number of hydrogen-bond acceptors (Lipinski definition) is 11. The van der Waals surface area contributed by atoms with Crippen LogP contribution in [0.5, 0.6) is 0 Å². The van der Waals surface area contributed by atoms with Crippen LogP contribution in [0.1, 0.15) is 68.2 Å². The van der Waals surface area contributed by atoms with E-state index in [1.807, 2.05) is 46.8 Å². The molecule has 0 amide bonds. The first-order chi connectivity index (χ1) is 23.4. The van der Waals surface area contributed by atoms with E-state index in [4.69, 9.17) is 33.5 Å². The third kappa shape index (κ3) is 11.4. The second-order valence-corrected chi connectivity index (χ2v) is 13.8. The molecule has 12 heteroatoms. The number of aliphatic hydroxyl groups is 2. The van der Waals surface area contributed by atoms with Gasteiger partial charge >= 0.3 is 17.9 Å². The zero-order valence-electron chi connectivity index (χ0n) is 31.3. The summed E-state index contributed by atoms with van der Waals surface area (Å²) in [7, 11) is 4.28. The summed E-state index contributed by atoms with van der Waals surface area (Å²) in [5.74, 6) is -6.40. The summed E-state index contributed by atoms with van der Waals surface area (Å²) in [6.45, 7) is 14.8. The Balaban J connectivity index is 2.54. The van der Waals surface area contributed by atoms with Gasteiger partial charge in [-0.1, -0.05) is 70.1 Å². The number of aliphatic carboxylic acids is 1. The number of esters is 2. The fourth-order valence-corrected chi connectivity index (χ4v) is 6.73. The van der Waals surface area contributed by atoms with Crippen molar-refractivity contribution in [3.8, 4) is 0 Å². The topological polar surface area (TPSA) is 167 Å². The second kappa shape index (κ2) is 19.4. The molecule has 12 nitrogen and oxygen atoms in total. The molecular weight excluding hydrogens is 648 g/mol. The van der Waals surface area contributed by atoms with E-state index in [9.17, 15) is 24.6 Å². The number of methoxy groups -OCH3 is 3. The van der Waals surface area contributed by atoms with Crippen LogP contribution in [0.3, 0.4) is 0 Å². The quantitative estimate of drug-likeness (QED) is 0.208. The fraction of sp³-hybridized carbons (Fsp3) is 0.658. The van der Waals surface area contributed by atoms with Crippen LogP contribution in [0, 0.1) is 29.6 Å². The van der Waals surface area contributed by atoms with Crippen LogP contribution in [0.2, 0.25) is 0 Å². The van der Waals surface area contributed by atoms with E-state index in [0.29, 0.717) is 18.1 Å². The summed E-state index contributed by atoms with van der Waals surface area (Å²) in [4.78, 5) is 37.0. The minimum atomic E-state index is -1.43. The number of carboxylic acids is 1. The molecule has 2 aliphatic heterocycles. The average molecular weight is 707 g/mol. The summed E-state index contributed by atoms with van der Waals surface area (Å²) >= 11 is 0. The lowest BCUT2D eigenvalue weighted by Gasteiger charge is -2.50. The molecule has 1 fully saturated rings. The van der Waals surface area contributed by atoms with Gasteiger partial charge in [-0.3, -0.25) is 0 Å². The molecule has 0 bridgehead atoms. The maximum Gasteiger partial charge on any atom is 0.373 e. The summed E-state index contributed by atoms with van der Waals surface area (Å²) in [5, 5.41) is 31.8. The Morgan fingerprint density at radius 1 is 1.08 bits per heavy atom. The lowest BCUT2D eigenvalue weighted by Crippen LogP contribution is -2.59. The van der Waals surface area contributed by atoms with Crippen LogP contribution < -0.4 is 0 Å². The average Bonchev–Trinajstić information content (AvgIpc) is 3.07. The molecule has 0 aromatic heterocycles. The van der Waals surface area contributed by atoms with Crippen LogP contribution in [-0.4, -0.2) is 97.0 Å². The Bertz CT molecular complexity index is 1310. The summed E-state index contributed by atoms with van der Waals surface area (Å²) < 4.78 is 35.3. The van der Waals surface area contributed by atoms with Crippen molar-refractivity contribution in [3.05, 3.63) is 59.4 Å². The second-order valence-electron chi connectivity index (χ2n) is 13.8. The molecule has 0 radical (unpaired) electrons. The molecule has 50 heavy (non-hydrogen) atoms. The van der Waals surface area contributed by atoms with E-state index in [-0.39, 0.29) is 29.9 Å². The van der Waals surface area contributed by atoms with Crippen molar-refractivity contribution in [3.63, 3.8) is 0 Å². The molecule has 0 aliphatic carbocycles. The highest BCUT2D eigenvalue weighted by molar-refractivity contribution is 5.90. The molecule has 2 aliphatic rings. The van der Waals surface area contributed by atoms with Crippen molar-refractivity contribution in [1.29, 1.82) is 0 Å². The molecule has 1 saturated heterocycles. The zero-order valence-corrected chi connectivity index (χ0v) is 31.3. The van der Waals surface area contributed by atoms with Crippen molar-refractivity contribution < 1.29 is 58.1 Å². The molecule has 2 heterocycles. The first kappa shape index (κ1) is 42.9. The van der Waals surface area contributed by atoms with E-state index < -0.39 is 72.2 Å². The normalized spacial score (nSPS) is 33.7. The zero-order chi connectivity index (χ0) is 37.9. The van der Waals surface area contributed by atoms with Gasteiger partial charge in [-0.25, -0.2) is 14.4 Å². The number of rotatable bonds is 10. The summed E-state index contributed by atoms with van der Waals surface area (Å²) in [5.41, 5.74) is 1.74. The van der Waals surface area contributed by atoms with Crippen LogP contribution in [-0.2, 0) is 42.8 Å². The number of carbonyl (C=O) groups excluding carboxylic acids is 2. The Kier molecular flexibility index (Phi) is 16.6. The SMILES string of the molecule is COC1=CC(C)=C[C@@H](C)[C@@H](O)[C@@H](C)CC(C)=CC=C[C@H](OC)[C@@H]([C@@H](C)[C@@H](O)[C@H](C)[C@@]2(OC)C[C@@H](OC(=O)/C=C/C(=O)O)[C@H](C)[C@@H](C)O2)OC1=O. The molecule has 282 valence electrons. The Hall–Kier alpha value is -3.29. The van der Waals surface area contributed by atoms with Crippen LogP contribution >= 0.6 is 0 Å². The summed E-state index contributed by atoms with van der Waals surface area (Å²) in [6.07, 6.45) is 6.32. The predicted molar refractivity (Wildman–Crippen MR) is 186 cm³/mol. The Morgan fingerprint density at radius 3 is 2.32 bits per heavy atom. The van der Waals surface area contributed by atoms with Gasteiger partial charge in [0, 0.05) is 56.5 Å². The Labute approximate surface area is 296 Å². The highest BCUT2D eigenvalue weighted by Gasteiger charge is 2.53. The molecule has 0 aromatic carbocycles. The van der Waals surface area contributed by atoms with Crippen molar-refractivity contribution >= 4 is 17.9 Å². The van der Waals surface area contributed by atoms with Gasteiger partial charge in [-0.2, -0.15) is 0 Å². The van der Waals surface area contributed by atoms with Gasteiger partial charge in [0.2, 0.25) is 5.76 Å². The number of cyclic esters (lactones) is 1. The van der Waals surface area contributed by atoms with Crippen LogP contribution in [0.4, 0.5) is 0 Å². The number of ether oxygens (including phenoxy) is 6. The minimum Gasteiger partial charge on any atom is -0.490 e. The largest absolute Gasteiger partial charge is 0.490 e. The van der Waals surface area contributed by atoms with Crippen LogP contribution in [0.15, 0.2) is 59.4 Å². The molecule has 12 atom stereocenters. The lowest BCUT2D eigenvalue weighted by molar-refractivity contribution is -0.330. The summed E-state index contributed by atoms with van der Waals surface area (Å²) in [6, 6.07) is 0. The monoisotopic (exact) mass is 706 g/mol. The van der Waals surface area contributed by atoms with E-state index in [1.165, 1.54) is 21.3 Å². The van der Waals surface area contributed by atoms with Crippen LogP contribution in [0.25, 0.3) is 0 Å². The fourth-order valence-electron chi connectivity index (χ4n) is 6.73. The molecular formula is C38H58O12. The molecule has 3 N–H and O–H groups in total. The first-order valence-corrected chi connectivity index (χ1v) is 17.1. The smallest absolute Gasteiger partial charge is 0.373 e. The maximum absolute atomic E-state index is 13.6. The van der Waals surface area contributed by atoms with Gasteiger partial charge in [0.1, 0.15) is 18.3 Å². The van der Waals surface area contributed by atoms with E-state index in [0.717, 1.165) is 11.6 Å². The van der Waals surface area contributed by atoms with Gasteiger partial charge in [0.25, 0.3) is 0 Å². The third-order valence-electron chi connectivity index (χ3n) is 10.0. The predicted octanol–water partition coefficient (Wildman–Crippen LogP) is 4.90. The van der Waals surface area contributed by atoms with Crippen molar-refractivity contribution in [1.82, 2.24) is 0 Å². The number of carbonyl (C=O) groups is 3. The molecule has 0 saturated carbocycles. The van der Waals surface area contributed by atoms with E-state index in [2.05, 4.69) is 0 Å². The maximum atomic E-state index is 13.6. The van der Waals surface area contributed by atoms with Crippen molar-refractivity contribution in [2.45, 2.75) is 111 Å². The molecule has 2 rings (SSSR count). The first-order valence-electron chi connectivity index (χ1n) is 17.1. The van der Waals surface area contributed by atoms with Crippen molar-refractivity contribution in [2.75, 3.05) is 21.3 Å². The highest BCUT2D eigenvalue weighted by atomic mass is 16.7. The lowest BCUT2D eigenvalue weighted by atomic mass is 9.77. The molecule has 0 spiro atoms. The van der Waals surface area contributed by atoms with Crippen molar-refractivity contribution in [2.24, 2.45) is 29.6 Å². The van der Waals surface area contributed by atoms with Gasteiger partial charge < -0.3 is 43.7 Å². The molecule has 0 aromatic rings. The van der Waals surface area contributed by atoms with Gasteiger partial charge in [0.15, 0.2) is 5.79 Å². The van der Waals surface area contributed by atoms with E-state index >= 15 is 0 Å². The van der Waals surface area contributed by atoms with Gasteiger partial charge in [-0.05, 0) is 39.2 Å². The van der Waals surface area contributed by atoms with Gasteiger partial charge in [-0.15, -0.1) is 0 Å². The minimum absolute atomic E-state index is 0.0322. The van der Waals surface area contributed by atoms with E-state index in [1.54, 1.807) is 39.0 Å². The third-order valence-corrected chi connectivity index (χ3v) is 10.0. The molecule has 0 unspecified atom stereocenters. The number of allylic oxidation sites excluding steroid dienone is 5. The number of carboxylic acid groups (broad SMARTS) is 1. The Morgan fingerprint density at radius 2 is 1.74 bits per heavy atom. The standard InChI is InChI=1S/C38H58O12/c1-21-13-12-14-29(45-9)36(49-37(44)30(46-10)19-22(2)18-24(4)34(42)23(3)17-21)26(6)35(43)27(7)38(47-11)20-31(25(5)28(8)50-38)48-33(41)16-15-32(39)40/h12-16,18-19,23-29,31,34-36,42-43H,17,20H2,1-11H3,(H,39,40)/b14-12?,16-15+,21-13?,22-18?,30-19?/t23-,24+,25+,26-,27-,28+,29-,31+,34-,35+,36+,38+/m0/s1. The van der Waals surface area contributed by atoms with Gasteiger partial charge in [0.05, 0.1) is 25.4 Å².